The second kappa shape index (κ2) is 5.54. The lowest BCUT2D eigenvalue weighted by Gasteiger charge is -2.17. The van der Waals surface area contributed by atoms with E-state index in [1.54, 1.807) is 0 Å². The summed E-state index contributed by atoms with van der Waals surface area (Å²) >= 11 is 0. The van der Waals surface area contributed by atoms with E-state index in [9.17, 15) is 4.79 Å². The lowest BCUT2D eigenvalue weighted by molar-refractivity contribution is 0.0600. The summed E-state index contributed by atoms with van der Waals surface area (Å²) in [5.74, 6) is -0.319. The van der Waals surface area contributed by atoms with Gasteiger partial charge in [-0.3, -0.25) is 4.68 Å². The Hall–Kier alpha value is -2.92. The van der Waals surface area contributed by atoms with Crippen molar-refractivity contribution in [3.63, 3.8) is 0 Å². The molecule has 0 amide bonds. The number of ether oxygens (including phenoxy) is 2. The number of aryl methyl sites for hydroxylation is 1. The van der Waals surface area contributed by atoms with Crippen molar-refractivity contribution in [2.24, 2.45) is 0 Å². The predicted molar refractivity (Wildman–Crippen MR) is 95.1 cm³/mol. The number of carbonyl (C=O) groups excluding carboxylic acids is 1. The molecule has 2 aliphatic heterocycles. The molecule has 2 atom stereocenters. The molecule has 0 aliphatic carbocycles. The molecule has 0 saturated carbocycles. The molecule has 2 unspecified atom stereocenters. The topological polar surface area (TPSA) is 53.4 Å². The van der Waals surface area contributed by atoms with Crippen LogP contribution in [0.15, 0.2) is 48.8 Å². The van der Waals surface area contributed by atoms with Crippen LogP contribution >= 0.6 is 0 Å². The molecule has 2 aliphatic rings. The summed E-state index contributed by atoms with van der Waals surface area (Å²) in [6.45, 7) is 2.78. The van der Waals surface area contributed by atoms with Gasteiger partial charge in [-0.15, -0.1) is 0 Å². The highest BCUT2D eigenvalue weighted by Gasteiger charge is 2.42. The van der Waals surface area contributed by atoms with Gasteiger partial charge in [-0.2, -0.15) is 5.10 Å². The van der Waals surface area contributed by atoms with Crippen molar-refractivity contribution < 1.29 is 14.3 Å². The van der Waals surface area contributed by atoms with E-state index in [-0.39, 0.29) is 18.2 Å². The SMILES string of the molecule is COC(=O)c1ccc2c(c1)C1OC2c2cc(Cn3cc(C)cn3)ccc21. The van der Waals surface area contributed by atoms with Crippen molar-refractivity contribution in [1.29, 1.82) is 0 Å². The number of nitrogens with zero attached hydrogens (tertiary/aromatic N) is 2. The number of methoxy groups -OCH3 is 1. The van der Waals surface area contributed by atoms with Crippen molar-refractivity contribution in [3.05, 3.63) is 87.7 Å². The second-order valence-electron chi connectivity index (χ2n) is 6.91. The molecule has 2 aromatic carbocycles. The average molecular weight is 346 g/mol. The van der Waals surface area contributed by atoms with Gasteiger partial charge in [0, 0.05) is 6.20 Å². The number of hydrogen-bond acceptors (Lipinski definition) is 4. The smallest absolute Gasteiger partial charge is 0.337 e. The first-order chi connectivity index (χ1) is 12.6. The summed E-state index contributed by atoms with van der Waals surface area (Å²) in [5.41, 5.74) is 7.54. The van der Waals surface area contributed by atoms with Gasteiger partial charge in [-0.25, -0.2) is 4.79 Å². The maximum atomic E-state index is 11.8. The Labute approximate surface area is 151 Å². The molecule has 1 aromatic heterocycles. The average Bonchev–Trinajstić information content (AvgIpc) is 3.34. The van der Waals surface area contributed by atoms with Crippen molar-refractivity contribution in [2.45, 2.75) is 25.7 Å². The summed E-state index contributed by atoms with van der Waals surface area (Å²) in [7, 11) is 1.40. The predicted octanol–water partition coefficient (Wildman–Crippen LogP) is 3.55. The first-order valence-electron chi connectivity index (χ1n) is 8.63. The highest BCUT2D eigenvalue weighted by Crippen LogP contribution is 2.54. The van der Waals surface area contributed by atoms with E-state index in [1.807, 2.05) is 42.2 Å². The number of rotatable bonds is 3. The summed E-state index contributed by atoms with van der Waals surface area (Å²) < 4.78 is 13.0. The fourth-order valence-corrected chi connectivity index (χ4v) is 3.98. The van der Waals surface area contributed by atoms with Crippen LogP contribution in [-0.4, -0.2) is 22.9 Å². The van der Waals surface area contributed by atoms with Crippen molar-refractivity contribution >= 4 is 5.97 Å². The zero-order valence-corrected chi connectivity index (χ0v) is 14.6. The summed E-state index contributed by atoms with van der Waals surface area (Å²) in [6, 6.07) is 12.2. The van der Waals surface area contributed by atoms with E-state index in [1.165, 1.54) is 23.8 Å². The number of benzene rings is 2. The monoisotopic (exact) mass is 346 g/mol. The van der Waals surface area contributed by atoms with Crippen LogP contribution < -0.4 is 0 Å². The molecule has 5 rings (SSSR count). The molecule has 3 aromatic rings. The zero-order valence-electron chi connectivity index (χ0n) is 14.6. The van der Waals surface area contributed by atoms with Crippen LogP contribution in [0.25, 0.3) is 0 Å². The molecule has 0 radical (unpaired) electrons. The molecular formula is C21H18N2O3. The van der Waals surface area contributed by atoms with Crippen LogP contribution in [0.4, 0.5) is 0 Å². The Morgan fingerprint density at radius 3 is 2.54 bits per heavy atom. The largest absolute Gasteiger partial charge is 0.465 e. The molecular weight excluding hydrogens is 328 g/mol. The first-order valence-corrected chi connectivity index (χ1v) is 8.63. The molecule has 5 heteroatoms. The van der Waals surface area contributed by atoms with Gasteiger partial charge in [0.05, 0.1) is 25.4 Å². The second-order valence-corrected chi connectivity index (χ2v) is 6.91. The van der Waals surface area contributed by atoms with Crippen LogP contribution in [-0.2, 0) is 16.0 Å². The standard InChI is InChI=1S/C21H18N2O3/c1-12-9-22-23(10-12)11-13-3-5-15-17(7-13)19-16-6-4-14(21(24)25-2)8-18(16)20(15)26-19/h3-10,19-20H,11H2,1-2H3. The summed E-state index contributed by atoms with van der Waals surface area (Å²) in [4.78, 5) is 11.8. The Kier molecular flexibility index (Phi) is 3.27. The van der Waals surface area contributed by atoms with Crippen LogP contribution in [0.2, 0.25) is 0 Å². The number of fused-ring (bicyclic) bond motifs is 8. The molecule has 0 saturated heterocycles. The molecule has 0 spiro atoms. The van der Waals surface area contributed by atoms with Gasteiger partial charge < -0.3 is 9.47 Å². The van der Waals surface area contributed by atoms with Crippen LogP contribution in [0.5, 0.6) is 0 Å². The van der Waals surface area contributed by atoms with E-state index in [2.05, 4.69) is 23.3 Å². The Morgan fingerprint density at radius 2 is 1.85 bits per heavy atom. The fourth-order valence-electron chi connectivity index (χ4n) is 3.98. The molecule has 3 heterocycles. The number of carbonyl (C=O) groups is 1. The molecule has 2 bridgehead atoms. The maximum absolute atomic E-state index is 11.8. The van der Waals surface area contributed by atoms with Gasteiger partial charge >= 0.3 is 5.97 Å². The lowest BCUT2D eigenvalue weighted by atomic mass is 9.84. The van der Waals surface area contributed by atoms with Crippen molar-refractivity contribution in [2.75, 3.05) is 7.11 Å². The Balaban J connectivity index is 1.49. The van der Waals surface area contributed by atoms with Gasteiger partial charge in [0.1, 0.15) is 12.2 Å². The zero-order chi connectivity index (χ0) is 17.8. The highest BCUT2D eigenvalue weighted by molar-refractivity contribution is 5.90. The van der Waals surface area contributed by atoms with Crippen molar-refractivity contribution in [3.8, 4) is 0 Å². The van der Waals surface area contributed by atoms with Gasteiger partial charge in [0.2, 0.25) is 0 Å². The molecule has 26 heavy (non-hydrogen) atoms. The molecule has 130 valence electrons. The normalized spacial score (nSPS) is 19.3. The molecule has 5 nitrogen and oxygen atoms in total. The minimum absolute atomic E-state index is 0.0593. The van der Waals surface area contributed by atoms with E-state index >= 15 is 0 Å². The van der Waals surface area contributed by atoms with E-state index < -0.39 is 0 Å². The lowest BCUT2D eigenvalue weighted by Crippen LogP contribution is -2.08. The third-order valence-electron chi connectivity index (χ3n) is 5.17. The third kappa shape index (κ3) is 2.21. The quantitative estimate of drug-likeness (QED) is 0.681. The van der Waals surface area contributed by atoms with Gasteiger partial charge in [0.15, 0.2) is 0 Å². The highest BCUT2D eigenvalue weighted by atomic mass is 16.5. The Morgan fingerprint density at radius 1 is 1.12 bits per heavy atom. The van der Waals surface area contributed by atoms with Gasteiger partial charge in [-0.1, -0.05) is 24.3 Å². The fraction of sp³-hybridized carbons (Fsp3) is 0.238. The third-order valence-corrected chi connectivity index (χ3v) is 5.17. The Bertz CT molecular complexity index is 1040. The van der Waals surface area contributed by atoms with Crippen molar-refractivity contribution in [1.82, 2.24) is 9.78 Å². The van der Waals surface area contributed by atoms with Crippen LogP contribution in [0.3, 0.4) is 0 Å². The maximum Gasteiger partial charge on any atom is 0.337 e. The van der Waals surface area contributed by atoms with Crippen LogP contribution in [0.1, 0.15) is 55.9 Å². The van der Waals surface area contributed by atoms with E-state index in [4.69, 9.17) is 9.47 Å². The number of hydrogen-bond donors (Lipinski definition) is 0. The first kappa shape index (κ1) is 15.3. The van der Waals surface area contributed by atoms with Crippen LogP contribution in [0, 0.1) is 6.92 Å². The van der Waals surface area contributed by atoms with E-state index in [0.717, 1.165) is 23.2 Å². The van der Waals surface area contributed by atoms with E-state index in [0.29, 0.717) is 5.56 Å². The molecule has 0 N–H and O–H groups in total. The summed E-state index contributed by atoms with van der Waals surface area (Å²) in [6.07, 6.45) is 3.75. The molecule has 0 fully saturated rings. The summed E-state index contributed by atoms with van der Waals surface area (Å²) in [5, 5.41) is 4.36. The van der Waals surface area contributed by atoms with Gasteiger partial charge in [-0.05, 0) is 52.4 Å². The number of esters is 1. The number of aromatic nitrogens is 2. The minimum atomic E-state index is -0.319. The van der Waals surface area contributed by atoms with Gasteiger partial charge in [0.25, 0.3) is 0 Å². The minimum Gasteiger partial charge on any atom is -0.465 e.